The highest BCUT2D eigenvalue weighted by Gasteiger charge is 2.22. The topological polar surface area (TPSA) is 29.3 Å². The van der Waals surface area contributed by atoms with Gasteiger partial charge < -0.3 is 10.6 Å². The zero-order chi connectivity index (χ0) is 12.3. The lowest BCUT2D eigenvalue weighted by Gasteiger charge is -2.38. The summed E-state index contributed by atoms with van der Waals surface area (Å²) in [5.74, 6) is 0. The van der Waals surface area contributed by atoms with E-state index in [1.54, 1.807) is 0 Å². The number of nitrogens with zero attached hydrogens (tertiary/aromatic N) is 1. The van der Waals surface area contributed by atoms with Crippen molar-refractivity contribution in [3.63, 3.8) is 0 Å². The fourth-order valence-electron chi connectivity index (χ4n) is 2.95. The van der Waals surface area contributed by atoms with Crippen LogP contribution in [0.4, 0.5) is 5.69 Å². The molecule has 1 fully saturated rings. The van der Waals surface area contributed by atoms with E-state index in [1.807, 2.05) is 0 Å². The van der Waals surface area contributed by atoms with Crippen molar-refractivity contribution >= 4 is 5.69 Å². The Bertz CT molecular complexity index is 351. The minimum Gasteiger partial charge on any atom is -0.368 e. The quantitative estimate of drug-likeness (QED) is 0.868. The molecule has 1 saturated heterocycles. The Labute approximate surface area is 105 Å². The molecule has 0 spiro atoms. The molecule has 1 aliphatic rings. The molecule has 1 atom stereocenters. The van der Waals surface area contributed by atoms with Crippen molar-refractivity contribution in [2.45, 2.75) is 45.6 Å². The van der Waals surface area contributed by atoms with Gasteiger partial charge in [-0.3, -0.25) is 0 Å². The van der Waals surface area contributed by atoms with Crippen LogP contribution in [-0.4, -0.2) is 19.1 Å². The van der Waals surface area contributed by atoms with Crippen LogP contribution in [0.3, 0.4) is 0 Å². The monoisotopic (exact) mass is 232 g/mol. The van der Waals surface area contributed by atoms with Crippen LogP contribution < -0.4 is 10.6 Å². The van der Waals surface area contributed by atoms with Gasteiger partial charge in [-0.25, -0.2) is 0 Å². The summed E-state index contributed by atoms with van der Waals surface area (Å²) in [6.07, 6.45) is 5.08. The molecule has 0 amide bonds. The number of anilines is 1. The summed E-state index contributed by atoms with van der Waals surface area (Å²) < 4.78 is 0. The number of aryl methyl sites for hydroxylation is 2. The first kappa shape index (κ1) is 12.4. The molecule has 1 aromatic rings. The van der Waals surface area contributed by atoms with Gasteiger partial charge in [0, 0.05) is 18.3 Å². The van der Waals surface area contributed by atoms with Crippen LogP contribution in [-0.2, 0) is 0 Å². The van der Waals surface area contributed by atoms with Crippen molar-refractivity contribution in [3.8, 4) is 0 Å². The highest BCUT2D eigenvalue weighted by atomic mass is 15.2. The van der Waals surface area contributed by atoms with Gasteiger partial charge in [-0.1, -0.05) is 6.07 Å². The van der Waals surface area contributed by atoms with Gasteiger partial charge in [0.05, 0.1) is 0 Å². The normalized spacial score (nSPS) is 20.6. The number of hydrogen-bond donors (Lipinski definition) is 1. The third-order valence-electron chi connectivity index (χ3n) is 3.67. The van der Waals surface area contributed by atoms with Crippen LogP contribution >= 0.6 is 0 Å². The molecule has 2 heteroatoms. The van der Waals surface area contributed by atoms with Crippen molar-refractivity contribution in [3.05, 3.63) is 29.3 Å². The zero-order valence-corrected chi connectivity index (χ0v) is 11.1. The van der Waals surface area contributed by atoms with Gasteiger partial charge in [0.2, 0.25) is 0 Å². The van der Waals surface area contributed by atoms with E-state index >= 15 is 0 Å². The molecule has 2 rings (SSSR count). The molecule has 1 unspecified atom stereocenters. The zero-order valence-electron chi connectivity index (χ0n) is 11.1. The molecule has 0 aliphatic carbocycles. The van der Waals surface area contributed by atoms with E-state index in [-0.39, 0.29) is 0 Å². The van der Waals surface area contributed by atoms with Crippen LogP contribution in [0.2, 0.25) is 0 Å². The second-order valence-electron chi connectivity index (χ2n) is 5.27. The molecular formula is C15H24N2. The molecule has 1 aromatic carbocycles. The Morgan fingerprint density at radius 3 is 2.53 bits per heavy atom. The first-order chi connectivity index (χ1) is 8.20. The second kappa shape index (κ2) is 5.54. The summed E-state index contributed by atoms with van der Waals surface area (Å²) in [4.78, 5) is 2.57. The number of rotatable bonds is 3. The highest BCUT2D eigenvalue weighted by Crippen LogP contribution is 2.27. The molecule has 1 aliphatic heterocycles. The van der Waals surface area contributed by atoms with Crippen LogP contribution in [0.5, 0.6) is 0 Å². The van der Waals surface area contributed by atoms with Gasteiger partial charge in [-0.05, 0) is 69.3 Å². The number of piperidine rings is 1. The van der Waals surface area contributed by atoms with Crippen molar-refractivity contribution in [2.75, 3.05) is 18.0 Å². The third kappa shape index (κ3) is 3.01. The Balaban J connectivity index is 2.22. The molecule has 2 nitrogen and oxygen atoms in total. The largest absolute Gasteiger partial charge is 0.368 e. The molecule has 2 N–H and O–H groups in total. The van der Waals surface area contributed by atoms with Crippen molar-refractivity contribution in [2.24, 2.45) is 5.73 Å². The van der Waals surface area contributed by atoms with E-state index in [0.29, 0.717) is 6.04 Å². The number of hydrogen-bond acceptors (Lipinski definition) is 2. The lowest BCUT2D eigenvalue weighted by Crippen LogP contribution is -2.40. The molecule has 0 bridgehead atoms. The molecule has 94 valence electrons. The summed E-state index contributed by atoms with van der Waals surface area (Å²) in [6.45, 7) is 6.34. The minimum atomic E-state index is 0.648. The van der Waals surface area contributed by atoms with E-state index < -0.39 is 0 Å². The first-order valence-corrected chi connectivity index (χ1v) is 6.75. The highest BCUT2D eigenvalue weighted by molar-refractivity contribution is 5.52. The maximum Gasteiger partial charge on any atom is 0.0374 e. The Morgan fingerprint density at radius 1 is 1.18 bits per heavy atom. The van der Waals surface area contributed by atoms with Crippen LogP contribution in [0.15, 0.2) is 18.2 Å². The molecule has 0 aromatic heterocycles. The van der Waals surface area contributed by atoms with Crippen LogP contribution in [0.25, 0.3) is 0 Å². The third-order valence-corrected chi connectivity index (χ3v) is 3.67. The van der Waals surface area contributed by atoms with E-state index in [4.69, 9.17) is 5.73 Å². The molecule has 0 saturated carbocycles. The van der Waals surface area contributed by atoms with Crippen molar-refractivity contribution < 1.29 is 0 Å². The lowest BCUT2D eigenvalue weighted by molar-refractivity contribution is 0.442. The fourth-order valence-corrected chi connectivity index (χ4v) is 2.95. The van der Waals surface area contributed by atoms with Gasteiger partial charge in [0.15, 0.2) is 0 Å². The fraction of sp³-hybridized carbons (Fsp3) is 0.600. The molecule has 17 heavy (non-hydrogen) atoms. The van der Waals surface area contributed by atoms with E-state index in [0.717, 1.165) is 13.0 Å². The number of nitrogens with two attached hydrogens (primary N) is 1. The Kier molecular flexibility index (Phi) is 4.06. The summed E-state index contributed by atoms with van der Waals surface area (Å²) >= 11 is 0. The molecular weight excluding hydrogens is 208 g/mol. The summed E-state index contributed by atoms with van der Waals surface area (Å²) in [5.41, 5.74) is 9.84. The second-order valence-corrected chi connectivity index (χ2v) is 5.27. The van der Waals surface area contributed by atoms with Crippen LogP contribution in [0, 0.1) is 13.8 Å². The van der Waals surface area contributed by atoms with Gasteiger partial charge in [0.25, 0.3) is 0 Å². The van der Waals surface area contributed by atoms with E-state index in [1.165, 1.54) is 42.6 Å². The molecule has 1 heterocycles. The van der Waals surface area contributed by atoms with E-state index in [2.05, 4.69) is 36.9 Å². The summed E-state index contributed by atoms with van der Waals surface area (Å²) in [7, 11) is 0. The minimum absolute atomic E-state index is 0.648. The first-order valence-electron chi connectivity index (χ1n) is 6.75. The van der Waals surface area contributed by atoms with Gasteiger partial charge in [-0.2, -0.15) is 0 Å². The van der Waals surface area contributed by atoms with E-state index in [9.17, 15) is 0 Å². The molecule has 0 radical (unpaired) electrons. The maximum atomic E-state index is 5.73. The standard InChI is InChI=1S/C15H24N2/c1-12-9-13(2)11-15(10-12)17-8-4-3-5-14(17)6-7-16/h9-11,14H,3-8,16H2,1-2H3. The van der Waals surface area contributed by atoms with Gasteiger partial charge in [-0.15, -0.1) is 0 Å². The average molecular weight is 232 g/mol. The summed E-state index contributed by atoms with van der Waals surface area (Å²) in [6, 6.07) is 7.50. The van der Waals surface area contributed by atoms with Gasteiger partial charge in [0.1, 0.15) is 0 Å². The number of benzene rings is 1. The summed E-state index contributed by atoms with van der Waals surface area (Å²) in [5, 5.41) is 0. The smallest absolute Gasteiger partial charge is 0.0374 e. The lowest BCUT2D eigenvalue weighted by atomic mass is 9.97. The van der Waals surface area contributed by atoms with Crippen molar-refractivity contribution in [1.29, 1.82) is 0 Å². The predicted molar refractivity (Wildman–Crippen MR) is 74.6 cm³/mol. The average Bonchev–Trinajstić information content (AvgIpc) is 2.29. The Morgan fingerprint density at radius 2 is 1.88 bits per heavy atom. The Hall–Kier alpha value is -1.02. The maximum absolute atomic E-state index is 5.73. The van der Waals surface area contributed by atoms with Gasteiger partial charge >= 0.3 is 0 Å². The SMILES string of the molecule is Cc1cc(C)cc(N2CCCCC2CCN)c1. The van der Waals surface area contributed by atoms with Crippen LogP contribution in [0.1, 0.15) is 36.8 Å². The predicted octanol–water partition coefficient (Wildman–Crippen LogP) is 3.01. The van der Waals surface area contributed by atoms with Crippen molar-refractivity contribution in [1.82, 2.24) is 0 Å².